The van der Waals surface area contributed by atoms with E-state index in [9.17, 15) is 9.90 Å². The molecule has 1 fully saturated rings. The molecule has 1 aromatic carbocycles. The second-order valence-electron chi connectivity index (χ2n) is 6.86. The van der Waals surface area contributed by atoms with Gasteiger partial charge in [-0.05, 0) is 57.2 Å². The van der Waals surface area contributed by atoms with E-state index in [-0.39, 0.29) is 30.0 Å². The summed E-state index contributed by atoms with van der Waals surface area (Å²) in [4.78, 5) is 14.8. The molecule has 1 aliphatic heterocycles. The Hall–Kier alpha value is -1.39. The van der Waals surface area contributed by atoms with Gasteiger partial charge >= 0.3 is 0 Å². The number of carbonyl (C=O) groups is 1. The molecule has 4 nitrogen and oxygen atoms in total. The van der Waals surface area contributed by atoms with Gasteiger partial charge < -0.3 is 10.4 Å². The fourth-order valence-electron chi connectivity index (χ4n) is 3.33. The number of benzene rings is 1. The SMILES string of the molecule is CCC1(CO)CCN(C(C)C(=O)NC(C)c2ccccc2)CC1. The van der Waals surface area contributed by atoms with Crippen molar-refractivity contribution in [1.29, 1.82) is 0 Å². The van der Waals surface area contributed by atoms with Gasteiger partial charge in [0, 0.05) is 6.61 Å². The minimum atomic E-state index is -0.130. The highest BCUT2D eigenvalue weighted by atomic mass is 16.3. The Balaban J connectivity index is 1.88. The number of nitrogens with one attached hydrogen (secondary N) is 1. The average molecular weight is 318 g/mol. The normalized spacial score (nSPS) is 20.7. The number of carbonyl (C=O) groups excluding carboxylic acids is 1. The number of amides is 1. The molecule has 1 heterocycles. The first-order valence-electron chi connectivity index (χ1n) is 8.71. The van der Waals surface area contributed by atoms with Crippen molar-refractivity contribution < 1.29 is 9.90 Å². The number of likely N-dealkylation sites (tertiary alicyclic amines) is 1. The average Bonchev–Trinajstić information content (AvgIpc) is 2.61. The summed E-state index contributed by atoms with van der Waals surface area (Å²) in [5.41, 5.74) is 1.18. The van der Waals surface area contributed by atoms with Crippen LogP contribution in [-0.4, -0.2) is 41.7 Å². The van der Waals surface area contributed by atoms with E-state index < -0.39 is 0 Å². The Labute approximate surface area is 139 Å². The number of hydrogen-bond acceptors (Lipinski definition) is 3. The van der Waals surface area contributed by atoms with Gasteiger partial charge in [0.1, 0.15) is 0 Å². The summed E-state index contributed by atoms with van der Waals surface area (Å²) in [6.45, 7) is 8.15. The zero-order chi connectivity index (χ0) is 16.9. The topological polar surface area (TPSA) is 52.6 Å². The first kappa shape index (κ1) is 18.0. The Bertz CT molecular complexity index is 489. The van der Waals surface area contributed by atoms with E-state index >= 15 is 0 Å². The summed E-state index contributed by atoms with van der Waals surface area (Å²) in [7, 11) is 0. The Morgan fingerprint density at radius 3 is 2.39 bits per heavy atom. The molecule has 128 valence electrons. The molecule has 0 aromatic heterocycles. The number of aliphatic hydroxyl groups excluding tert-OH is 1. The van der Waals surface area contributed by atoms with Crippen molar-refractivity contribution in [2.75, 3.05) is 19.7 Å². The summed E-state index contributed by atoms with van der Waals surface area (Å²) in [6, 6.07) is 9.92. The molecule has 0 aliphatic carbocycles. The Kier molecular flexibility index (Phi) is 6.19. The minimum Gasteiger partial charge on any atom is -0.396 e. The molecule has 4 heteroatoms. The van der Waals surface area contributed by atoms with Crippen molar-refractivity contribution in [2.24, 2.45) is 5.41 Å². The third kappa shape index (κ3) is 4.33. The number of hydrogen-bond donors (Lipinski definition) is 2. The van der Waals surface area contributed by atoms with Gasteiger partial charge in [-0.15, -0.1) is 0 Å². The molecule has 2 atom stereocenters. The van der Waals surface area contributed by atoms with Crippen LogP contribution in [0, 0.1) is 5.41 Å². The predicted octanol–water partition coefficient (Wildman–Crippen LogP) is 2.74. The van der Waals surface area contributed by atoms with Gasteiger partial charge in [0.25, 0.3) is 0 Å². The maximum atomic E-state index is 12.5. The lowest BCUT2D eigenvalue weighted by molar-refractivity contribution is -0.127. The van der Waals surface area contributed by atoms with Gasteiger partial charge in [-0.2, -0.15) is 0 Å². The van der Waals surface area contributed by atoms with Crippen molar-refractivity contribution in [1.82, 2.24) is 10.2 Å². The van der Waals surface area contributed by atoms with Crippen LogP contribution < -0.4 is 5.32 Å². The van der Waals surface area contributed by atoms with E-state index in [1.807, 2.05) is 44.2 Å². The van der Waals surface area contributed by atoms with Gasteiger partial charge in [0.05, 0.1) is 12.1 Å². The summed E-state index contributed by atoms with van der Waals surface area (Å²) in [5, 5.41) is 12.7. The van der Waals surface area contributed by atoms with Crippen LogP contribution >= 0.6 is 0 Å². The molecule has 1 aromatic rings. The molecule has 23 heavy (non-hydrogen) atoms. The van der Waals surface area contributed by atoms with E-state index in [1.54, 1.807) is 0 Å². The maximum Gasteiger partial charge on any atom is 0.237 e. The lowest BCUT2D eigenvalue weighted by atomic mass is 9.76. The largest absolute Gasteiger partial charge is 0.396 e. The molecule has 0 saturated carbocycles. The summed E-state index contributed by atoms with van der Waals surface area (Å²) < 4.78 is 0. The molecule has 2 rings (SSSR count). The van der Waals surface area contributed by atoms with Gasteiger partial charge in [-0.1, -0.05) is 37.3 Å². The highest BCUT2D eigenvalue weighted by Gasteiger charge is 2.35. The molecule has 0 bridgehead atoms. The van der Waals surface area contributed by atoms with Crippen LogP contribution in [-0.2, 0) is 4.79 Å². The molecule has 2 unspecified atom stereocenters. The number of rotatable bonds is 6. The zero-order valence-electron chi connectivity index (χ0n) is 14.6. The van der Waals surface area contributed by atoms with Crippen molar-refractivity contribution in [3.8, 4) is 0 Å². The maximum absolute atomic E-state index is 12.5. The summed E-state index contributed by atoms with van der Waals surface area (Å²) >= 11 is 0. The van der Waals surface area contributed by atoms with Gasteiger partial charge in [0.2, 0.25) is 5.91 Å². The summed E-state index contributed by atoms with van der Waals surface area (Å²) in [6.07, 6.45) is 2.93. The quantitative estimate of drug-likeness (QED) is 0.848. The molecular formula is C19H30N2O2. The van der Waals surface area contributed by atoms with Crippen LogP contribution in [0.1, 0.15) is 51.6 Å². The first-order valence-corrected chi connectivity index (χ1v) is 8.71. The number of piperidine rings is 1. The van der Waals surface area contributed by atoms with E-state index in [0.717, 1.165) is 37.9 Å². The lowest BCUT2D eigenvalue weighted by Gasteiger charge is -2.42. The van der Waals surface area contributed by atoms with E-state index in [2.05, 4.69) is 17.1 Å². The zero-order valence-corrected chi connectivity index (χ0v) is 14.6. The van der Waals surface area contributed by atoms with Crippen LogP contribution in [0.2, 0.25) is 0 Å². The number of aliphatic hydroxyl groups is 1. The molecule has 1 aliphatic rings. The van der Waals surface area contributed by atoms with Gasteiger partial charge in [0.15, 0.2) is 0 Å². The number of nitrogens with zero attached hydrogens (tertiary/aromatic N) is 1. The molecule has 0 spiro atoms. The van der Waals surface area contributed by atoms with Crippen molar-refractivity contribution >= 4 is 5.91 Å². The molecule has 1 amide bonds. The summed E-state index contributed by atoms with van der Waals surface area (Å²) in [5.74, 6) is 0.0781. The second kappa shape index (κ2) is 7.93. The Morgan fingerprint density at radius 1 is 1.26 bits per heavy atom. The fraction of sp³-hybridized carbons (Fsp3) is 0.632. The van der Waals surface area contributed by atoms with Crippen molar-refractivity contribution in [3.05, 3.63) is 35.9 Å². The van der Waals surface area contributed by atoms with E-state index in [0.29, 0.717) is 0 Å². The molecule has 1 saturated heterocycles. The molecule has 0 radical (unpaired) electrons. The highest BCUT2D eigenvalue weighted by Crippen LogP contribution is 2.34. The lowest BCUT2D eigenvalue weighted by Crippen LogP contribution is -2.51. The Morgan fingerprint density at radius 2 is 1.87 bits per heavy atom. The monoisotopic (exact) mass is 318 g/mol. The first-order chi connectivity index (χ1) is 11.0. The van der Waals surface area contributed by atoms with Crippen LogP contribution in [0.5, 0.6) is 0 Å². The fourth-order valence-corrected chi connectivity index (χ4v) is 3.33. The molecular weight excluding hydrogens is 288 g/mol. The van der Waals surface area contributed by atoms with Crippen molar-refractivity contribution in [2.45, 2.75) is 52.1 Å². The van der Waals surface area contributed by atoms with Gasteiger partial charge in [-0.25, -0.2) is 0 Å². The van der Waals surface area contributed by atoms with E-state index in [1.165, 1.54) is 0 Å². The molecule has 2 N–H and O–H groups in total. The smallest absolute Gasteiger partial charge is 0.237 e. The predicted molar refractivity (Wildman–Crippen MR) is 93.1 cm³/mol. The third-order valence-corrected chi connectivity index (χ3v) is 5.53. The van der Waals surface area contributed by atoms with Gasteiger partial charge in [-0.3, -0.25) is 9.69 Å². The van der Waals surface area contributed by atoms with Crippen LogP contribution in [0.4, 0.5) is 0 Å². The highest BCUT2D eigenvalue weighted by molar-refractivity contribution is 5.81. The van der Waals surface area contributed by atoms with E-state index in [4.69, 9.17) is 0 Å². The second-order valence-corrected chi connectivity index (χ2v) is 6.86. The minimum absolute atomic E-state index is 0.0168. The van der Waals surface area contributed by atoms with Crippen LogP contribution in [0.3, 0.4) is 0 Å². The van der Waals surface area contributed by atoms with Crippen molar-refractivity contribution in [3.63, 3.8) is 0 Å². The third-order valence-electron chi connectivity index (χ3n) is 5.53. The standard InChI is InChI=1S/C19H30N2O2/c1-4-19(14-22)10-12-21(13-11-19)16(3)18(23)20-15(2)17-8-6-5-7-9-17/h5-9,15-16,22H,4,10-14H2,1-3H3,(H,20,23). The van der Waals surface area contributed by atoms with Crippen LogP contribution in [0.25, 0.3) is 0 Å². The van der Waals surface area contributed by atoms with Crippen LogP contribution in [0.15, 0.2) is 30.3 Å².